The van der Waals surface area contributed by atoms with E-state index in [0.29, 0.717) is 17.3 Å². The fourth-order valence-corrected chi connectivity index (χ4v) is 3.42. The molecular weight excluding hydrogens is 390 g/mol. The van der Waals surface area contributed by atoms with Crippen molar-refractivity contribution in [1.29, 1.82) is 0 Å². The van der Waals surface area contributed by atoms with Gasteiger partial charge in [0.1, 0.15) is 0 Å². The molecule has 0 aliphatic heterocycles. The lowest BCUT2D eigenvalue weighted by atomic mass is 10.1. The highest BCUT2D eigenvalue weighted by molar-refractivity contribution is 7.89. The molecule has 2 amide bonds. The summed E-state index contributed by atoms with van der Waals surface area (Å²) in [7, 11) is -0.583. The highest BCUT2D eigenvalue weighted by atomic mass is 32.2. The maximum atomic E-state index is 12.1. The number of carbonyl (C=O) groups excluding carboxylic acids is 2. The van der Waals surface area contributed by atoms with Gasteiger partial charge in [0, 0.05) is 37.5 Å². The quantitative estimate of drug-likeness (QED) is 0.682. The van der Waals surface area contributed by atoms with E-state index in [4.69, 9.17) is 0 Å². The van der Waals surface area contributed by atoms with Crippen LogP contribution in [0.15, 0.2) is 59.5 Å². The number of sulfonamides is 1. The van der Waals surface area contributed by atoms with E-state index in [2.05, 4.69) is 10.6 Å². The molecule has 8 heteroatoms. The molecule has 2 N–H and O–H groups in total. The van der Waals surface area contributed by atoms with Gasteiger partial charge in [-0.2, -0.15) is 0 Å². The van der Waals surface area contributed by atoms with Crippen LogP contribution < -0.4 is 10.6 Å². The van der Waals surface area contributed by atoms with Gasteiger partial charge in [-0.15, -0.1) is 0 Å². The summed E-state index contributed by atoms with van der Waals surface area (Å²) in [5.41, 5.74) is 1.87. The first-order valence-corrected chi connectivity index (χ1v) is 10.6. The Morgan fingerprint density at radius 1 is 1.00 bits per heavy atom. The van der Waals surface area contributed by atoms with Gasteiger partial charge in [-0.3, -0.25) is 9.59 Å². The largest absolute Gasteiger partial charge is 0.349 e. The van der Waals surface area contributed by atoms with E-state index in [0.717, 1.165) is 22.7 Å². The van der Waals surface area contributed by atoms with E-state index in [1.807, 2.05) is 0 Å². The molecule has 7 nitrogen and oxygen atoms in total. The van der Waals surface area contributed by atoms with Crippen molar-refractivity contribution < 1.29 is 18.0 Å². The van der Waals surface area contributed by atoms with E-state index in [9.17, 15) is 18.0 Å². The summed E-state index contributed by atoms with van der Waals surface area (Å²) in [4.78, 5) is 24.2. The van der Waals surface area contributed by atoms with Crippen molar-refractivity contribution in [2.75, 3.05) is 19.4 Å². The molecule has 29 heavy (non-hydrogen) atoms. The predicted octanol–water partition coefficient (Wildman–Crippen LogP) is 2.48. The smallest absolute Gasteiger partial charge is 0.251 e. The Morgan fingerprint density at radius 3 is 2.17 bits per heavy atom. The van der Waals surface area contributed by atoms with Gasteiger partial charge in [0.25, 0.3) is 5.91 Å². The van der Waals surface area contributed by atoms with Crippen molar-refractivity contribution in [2.45, 2.75) is 23.8 Å². The number of benzene rings is 2. The molecule has 0 aromatic heterocycles. The van der Waals surface area contributed by atoms with Crippen molar-refractivity contribution in [3.05, 3.63) is 65.7 Å². The molecule has 0 spiro atoms. The van der Waals surface area contributed by atoms with Crippen LogP contribution in [-0.4, -0.2) is 44.7 Å². The minimum absolute atomic E-state index is 0.0829. The SMILES string of the molecule is CN(C)S(=O)(=O)c1ccc(NC(=O)/C=C/c2ccc(C(=O)NC3CC3)cc2)cc1. The topological polar surface area (TPSA) is 95.6 Å². The third kappa shape index (κ3) is 5.52. The summed E-state index contributed by atoms with van der Waals surface area (Å²) in [6.07, 6.45) is 5.10. The fourth-order valence-electron chi connectivity index (χ4n) is 2.52. The van der Waals surface area contributed by atoms with Crippen molar-refractivity contribution in [1.82, 2.24) is 9.62 Å². The minimum Gasteiger partial charge on any atom is -0.349 e. The maximum absolute atomic E-state index is 12.1. The highest BCUT2D eigenvalue weighted by Gasteiger charge is 2.23. The van der Waals surface area contributed by atoms with Gasteiger partial charge < -0.3 is 10.6 Å². The Kier molecular flexibility index (Phi) is 6.14. The second-order valence-electron chi connectivity index (χ2n) is 7.00. The lowest BCUT2D eigenvalue weighted by Gasteiger charge is -2.11. The van der Waals surface area contributed by atoms with E-state index < -0.39 is 10.0 Å². The molecule has 0 bridgehead atoms. The van der Waals surface area contributed by atoms with Crippen LogP contribution in [0.25, 0.3) is 6.08 Å². The average Bonchev–Trinajstić information content (AvgIpc) is 3.51. The van der Waals surface area contributed by atoms with Crippen LogP contribution in [0.4, 0.5) is 5.69 Å². The molecule has 1 aliphatic rings. The summed E-state index contributed by atoms with van der Waals surface area (Å²) < 4.78 is 25.2. The van der Waals surface area contributed by atoms with E-state index in [-0.39, 0.29) is 16.7 Å². The van der Waals surface area contributed by atoms with E-state index in [1.54, 1.807) is 30.3 Å². The molecule has 2 aromatic rings. The number of nitrogens with one attached hydrogen (secondary N) is 2. The molecule has 0 heterocycles. The number of amides is 2. The third-order valence-corrected chi connectivity index (χ3v) is 6.24. The molecule has 1 aliphatic carbocycles. The second kappa shape index (κ2) is 8.59. The molecule has 152 valence electrons. The van der Waals surface area contributed by atoms with Crippen molar-refractivity contribution in [3.63, 3.8) is 0 Å². The minimum atomic E-state index is -3.50. The Bertz CT molecular complexity index is 1020. The lowest BCUT2D eigenvalue weighted by Crippen LogP contribution is -2.25. The summed E-state index contributed by atoms with van der Waals surface area (Å²) in [6.45, 7) is 0. The zero-order chi connectivity index (χ0) is 21.0. The Morgan fingerprint density at radius 2 is 1.62 bits per heavy atom. The number of carbonyl (C=O) groups is 2. The molecule has 1 fully saturated rings. The standard InChI is InChI=1S/C21H23N3O4S/c1-24(2)29(27,28)19-12-10-17(11-13-19)22-20(25)14-5-15-3-6-16(7-4-15)21(26)23-18-8-9-18/h3-7,10-14,18H,8-9H2,1-2H3,(H,22,25)(H,23,26)/b14-5+. The summed E-state index contributed by atoms with van der Waals surface area (Å²) >= 11 is 0. The first kappa shape index (κ1) is 20.8. The normalized spacial score (nSPS) is 14.2. The molecule has 1 saturated carbocycles. The zero-order valence-corrected chi connectivity index (χ0v) is 17.1. The Hall–Kier alpha value is -2.97. The van der Waals surface area contributed by atoms with Crippen LogP contribution in [0.5, 0.6) is 0 Å². The van der Waals surface area contributed by atoms with Crippen LogP contribution in [-0.2, 0) is 14.8 Å². The summed E-state index contributed by atoms with van der Waals surface area (Å²) in [5, 5.41) is 5.60. The van der Waals surface area contributed by atoms with Crippen LogP contribution in [0.3, 0.4) is 0 Å². The molecule has 0 radical (unpaired) electrons. The number of hydrogen-bond donors (Lipinski definition) is 2. The van der Waals surface area contributed by atoms with Crippen molar-refractivity contribution >= 4 is 33.6 Å². The number of hydrogen-bond acceptors (Lipinski definition) is 4. The van der Waals surface area contributed by atoms with Gasteiger partial charge in [0.2, 0.25) is 15.9 Å². The Balaban J connectivity index is 1.57. The van der Waals surface area contributed by atoms with Crippen molar-refractivity contribution in [2.24, 2.45) is 0 Å². The van der Waals surface area contributed by atoms with Crippen LogP contribution in [0.2, 0.25) is 0 Å². The first-order valence-electron chi connectivity index (χ1n) is 9.18. The van der Waals surface area contributed by atoms with Crippen LogP contribution in [0.1, 0.15) is 28.8 Å². The summed E-state index contributed by atoms with van der Waals surface area (Å²) in [6, 6.07) is 13.3. The Labute approximate surface area is 170 Å². The number of rotatable bonds is 7. The number of anilines is 1. The van der Waals surface area contributed by atoms with Gasteiger partial charge >= 0.3 is 0 Å². The lowest BCUT2D eigenvalue weighted by molar-refractivity contribution is -0.111. The van der Waals surface area contributed by atoms with Crippen LogP contribution >= 0.6 is 0 Å². The zero-order valence-electron chi connectivity index (χ0n) is 16.3. The van der Waals surface area contributed by atoms with Gasteiger partial charge in [-0.1, -0.05) is 12.1 Å². The second-order valence-corrected chi connectivity index (χ2v) is 9.16. The average molecular weight is 413 g/mol. The third-order valence-electron chi connectivity index (χ3n) is 4.41. The van der Waals surface area contributed by atoms with Gasteiger partial charge in [0.05, 0.1) is 4.90 Å². The molecular formula is C21H23N3O4S. The van der Waals surface area contributed by atoms with E-state index >= 15 is 0 Å². The summed E-state index contributed by atoms with van der Waals surface area (Å²) in [5.74, 6) is -0.427. The molecule has 0 saturated heterocycles. The van der Waals surface area contributed by atoms with Gasteiger partial charge in [0.15, 0.2) is 0 Å². The van der Waals surface area contributed by atoms with Crippen LogP contribution in [0, 0.1) is 0 Å². The van der Waals surface area contributed by atoms with E-state index in [1.165, 1.54) is 44.4 Å². The molecule has 0 atom stereocenters. The monoisotopic (exact) mass is 413 g/mol. The molecule has 2 aromatic carbocycles. The van der Waals surface area contributed by atoms with Crippen molar-refractivity contribution in [3.8, 4) is 0 Å². The highest BCUT2D eigenvalue weighted by Crippen LogP contribution is 2.19. The first-order chi connectivity index (χ1) is 13.8. The van der Waals surface area contributed by atoms with Gasteiger partial charge in [-0.25, -0.2) is 12.7 Å². The molecule has 0 unspecified atom stereocenters. The fraction of sp³-hybridized carbons (Fsp3) is 0.238. The maximum Gasteiger partial charge on any atom is 0.251 e. The molecule has 3 rings (SSSR count). The predicted molar refractivity (Wildman–Crippen MR) is 112 cm³/mol. The number of nitrogens with zero attached hydrogens (tertiary/aromatic N) is 1. The van der Waals surface area contributed by atoms with Gasteiger partial charge in [-0.05, 0) is 60.9 Å².